The van der Waals surface area contributed by atoms with Crippen LogP contribution in [0.5, 0.6) is 5.75 Å². The van der Waals surface area contributed by atoms with E-state index in [0.717, 1.165) is 10.0 Å². The molecule has 5 heteroatoms. The first-order valence-electron chi connectivity index (χ1n) is 6.53. The van der Waals surface area contributed by atoms with Gasteiger partial charge in [-0.15, -0.1) is 0 Å². The molecule has 21 heavy (non-hydrogen) atoms. The van der Waals surface area contributed by atoms with Gasteiger partial charge in [-0.2, -0.15) is 0 Å². The van der Waals surface area contributed by atoms with Crippen molar-refractivity contribution in [2.45, 2.75) is 6.42 Å². The van der Waals surface area contributed by atoms with E-state index in [9.17, 15) is 9.18 Å². The Morgan fingerprint density at radius 2 is 2.00 bits per heavy atom. The molecular formula is C16H15BrFNO2. The molecule has 0 radical (unpaired) electrons. The lowest BCUT2D eigenvalue weighted by atomic mass is 10.1. The van der Waals surface area contributed by atoms with Gasteiger partial charge in [0.2, 0.25) is 0 Å². The monoisotopic (exact) mass is 351 g/mol. The molecule has 0 saturated heterocycles. The van der Waals surface area contributed by atoms with Crippen molar-refractivity contribution in [1.82, 2.24) is 5.32 Å². The summed E-state index contributed by atoms with van der Waals surface area (Å²) in [5.41, 5.74) is 0.850. The van der Waals surface area contributed by atoms with Crippen LogP contribution in [0.1, 0.15) is 5.56 Å². The number of hydrogen-bond acceptors (Lipinski definition) is 2. The van der Waals surface area contributed by atoms with Crippen molar-refractivity contribution >= 4 is 21.8 Å². The maximum absolute atomic E-state index is 13.0. The van der Waals surface area contributed by atoms with E-state index in [1.165, 1.54) is 12.1 Å². The molecule has 0 aliphatic carbocycles. The zero-order chi connectivity index (χ0) is 15.1. The lowest BCUT2D eigenvalue weighted by molar-refractivity contribution is -0.123. The van der Waals surface area contributed by atoms with Gasteiger partial charge in [0.05, 0.1) is 0 Å². The first-order valence-corrected chi connectivity index (χ1v) is 7.32. The zero-order valence-corrected chi connectivity index (χ0v) is 12.9. The van der Waals surface area contributed by atoms with Crippen molar-refractivity contribution in [3.63, 3.8) is 0 Å². The maximum atomic E-state index is 13.0. The molecule has 0 aliphatic heterocycles. The lowest BCUT2D eigenvalue weighted by Gasteiger charge is -2.08. The molecule has 1 N–H and O–H groups in total. The van der Waals surface area contributed by atoms with Crippen molar-refractivity contribution in [3.05, 3.63) is 64.4 Å². The number of benzene rings is 2. The number of rotatable bonds is 6. The van der Waals surface area contributed by atoms with Gasteiger partial charge in [-0.05, 0) is 42.3 Å². The maximum Gasteiger partial charge on any atom is 0.257 e. The molecule has 3 nitrogen and oxygen atoms in total. The van der Waals surface area contributed by atoms with E-state index >= 15 is 0 Å². The molecule has 0 aliphatic rings. The molecule has 1 amide bonds. The summed E-state index contributed by atoms with van der Waals surface area (Å²) >= 11 is 3.33. The quantitative estimate of drug-likeness (QED) is 0.866. The molecule has 2 aromatic rings. The average Bonchev–Trinajstić information content (AvgIpc) is 2.45. The van der Waals surface area contributed by atoms with Crippen LogP contribution in [0.3, 0.4) is 0 Å². The fraction of sp³-hybridized carbons (Fsp3) is 0.188. The molecule has 0 saturated carbocycles. The SMILES string of the molecule is O=C(COc1cccc(Br)c1)NCCc1cccc(F)c1. The Morgan fingerprint density at radius 3 is 2.76 bits per heavy atom. The second kappa shape index (κ2) is 7.78. The van der Waals surface area contributed by atoms with Crippen molar-refractivity contribution < 1.29 is 13.9 Å². The van der Waals surface area contributed by atoms with Crippen LogP contribution in [0.15, 0.2) is 53.0 Å². The summed E-state index contributed by atoms with van der Waals surface area (Å²) in [4.78, 5) is 11.6. The molecule has 0 bridgehead atoms. The highest BCUT2D eigenvalue weighted by molar-refractivity contribution is 9.10. The second-order valence-electron chi connectivity index (χ2n) is 4.48. The largest absolute Gasteiger partial charge is 0.484 e. The van der Waals surface area contributed by atoms with Gasteiger partial charge >= 0.3 is 0 Å². The first-order chi connectivity index (χ1) is 10.1. The van der Waals surface area contributed by atoms with E-state index in [1.807, 2.05) is 18.2 Å². The summed E-state index contributed by atoms with van der Waals surface area (Å²) in [6, 6.07) is 13.6. The Hall–Kier alpha value is -1.88. The Balaban J connectivity index is 1.70. The third kappa shape index (κ3) is 5.55. The van der Waals surface area contributed by atoms with E-state index in [0.29, 0.717) is 18.7 Å². The Labute approximate surface area is 131 Å². The van der Waals surface area contributed by atoms with Crippen LogP contribution in [0.4, 0.5) is 4.39 Å². The zero-order valence-electron chi connectivity index (χ0n) is 11.3. The molecule has 0 heterocycles. The van der Waals surface area contributed by atoms with Crippen molar-refractivity contribution in [2.75, 3.05) is 13.2 Å². The summed E-state index contributed by atoms with van der Waals surface area (Å²) in [7, 11) is 0. The molecule has 0 aromatic heterocycles. The minimum absolute atomic E-state index is 0.0421. The van der Waals surface area contributed by atoms with Gasteiger partial charge in [0.25, 0.3) is 5.91 Å². The van der Waals surface area contributed by atoms with Crippen molar-refractivity contribution in [1.29, 1.82) is 0 Å². The average molecular weight is 352 g/mol. The standard InChI is InChI=1S/C16H15BrFNO2/c17-13-4-2-6-15(10-13)21-11-16(20)19-8-7-12-3-1-5-14(18)9-12/h1-6,9-10H,7-8,11H2,(H,19,20). The van der Waals surface area contributed by atoms with Crippen LogP contribution in [0.25, 0.3) is 0 Å². The minimum Gasteiger partial charge on any atom is -0.484 e. The molecule has 0 fully saturated rings. The number of amides is 1. The molecule has 2 rings (SSSR count). The third-order valence-corrected chi connectivity index (χ3v) is 3.28. The minimum atomic E-state index is -0.267. The normalized spacial score (nSPS) is 10.2. The lowest BCUT2D eigenvalue weighted by Crippen LogP contribution is -2.30. The van der Waals surface area contributed by atoms with E-state index < -0.39 is 0 Å². The van der Waals surface area contributed by atoms with Crippen molar-refractivity contribution in [3.8, 4) is 5.75 Å². The van der Waals surface area contributed by atoms with Crippen LogP contribution < -0.4 is 10.1 Å². The van der Waals surface area contributed by atoms with Gasteiger partial charge < -0.3 is 10.1 Å². The summed E-state index contributed by atoms with van der Waals surface area (Å²) in [6.45, 7) is 0.406. The van der Waals surface area contributed by atoms with Gasteiger partial charge in [-0.1, -0.05) is 34.1 Å². The van der Waals surface area contributed by atoms with E-state index in [4.69, 9.17) is 4.74 Å². The van der Waals surface area contributed by atoms with Crippen LogP contribution >= 0.6 is 15.9 Å². The second-order valence-corrected chi connectivity index (χ2v) is 5.39. The molecule has 0 spiro atoms. The number of nitrogens with one attached hydrogen (secondary N) is 1. The summed E-state index contributed by atoms with van der Waals surface area (Å²) in [6.07, 6.45) is 0.584. The van der Waals surface area contributed by atoms with Gasteiger partial charge in [0, 0.05) is 11.0 Å². The number of halogens is 2. The van der Waals surface area contributed by atoms with Crippen LogP contribution in [-0.2, 0) is 11.2 Å². The fourth-order valence-electron chi connectivity index (χ4n) is 1.80. The van der Waals surface area contributed by atoms with E-state index in [-0.39, 0.29) is 18.3 Å². The summed E-state index contributed by atoms with van der Waals surface area (Å²) in [5.74, 6) is 0.160. The Bertz CT molecular complexity index is 619. The van der Waals surface area contributed by atoms with E-state index in [1.54, 1.807) is 18.2 Å². The number of hydrogen-bond donors (Lipinski definition) is 1. The molecule has 0 atom stereocenters. The van der Waals surface area contributed by atoms with Crippen LogP contribution in [0, 0.1) is 5.82 Å². The summed E-state index contributed by atoms with van der Waals surface area (Å²) < 4.78 is 19.2. The smallest absolute Gasteiger partial charge is 0.257 e. The fourth-order valence-corrected chi connectivity index (χ4v) is 2.17. The van der Waals surface area contributed by atoms with Crippen LogP contribution in [-0.4, -0.2) is 19.1 Å². The first kappa shape index (κ1) is 15.5. The predicted molar refractivity (Wildman–Crippen MR) is 82.8 cm³/mol. The molecule has 0 unspecified atom stereocenters. The highest BCUT2D eigenvalue weighted by Gasteiger charge is 2.03. The highest BCUT2D eigenvalue weighted by Crippen LogP contribution is 2.17. The third-order valence-electron chi connectivity index (χ3n) is 2.79. The number of ether oxygens (including phenoxy) is 1. The predicted octanol–water partition coefficient (Wildman–Crippen LogP) is 3.33. The molecule has 2 aromatic carbocycles. The number of carbonyl (C=O) groups is 1. The van der Waals surface area contributed by atoms with E-state index in [2.05, 4.69) is 21.2 Å². The highest BCUT2D eigenvalue weighted by atomic mass is 79.9. The molecule has 110 valence electrons. The van der Waals surface area contributed by atoms with Gasteiger partial charge in [-0.25, -0.2) is 4.39 Å². The number of carbonyl (C=O) groups excluding carboxylic acids is 1. The van der Waals surface area contributed by atoms with Crippen molar-refractivity contribution in [2.24, 2.45) is 0 Å². The van der Waals surface area contributed by atoms with Gasteiger partial charge in [0.1, 0.15) is 11.6 Å². The van der Waals surface area contributed by atoms with Gasteiger partial charge in [0.15, 0.2) is 6.61 Å². The Morgan fingerprint density at radius 1 is 1.19 bits per heavy atom. The topological polar surface area (TPSA) is 38.3 Å². The summed E-state index contributed by atoms with van der Waals surface area (Å²) in [5, 5.41) is 2.74. The van der Waals surface area contributed by atoms with Crippen LogP contribution in [0.2, 0.25) is 0 Å². The Kier molecular flexibility index (Phi) is 5.75. The van der Waals surface area contributed by atoms with Gasteiger partial charge in [-0.3, -0.25) is 4.79 Å². The molecular weight excluding hydrogens is 337 g/mol.